The first-order valence-corrected chi connectivity index (χ1v) is 5.45. The monoisotopic (exact) mass is 216 g/mol. The number of carbonyl (C=O) groups excluding carboxylic acids is 1. The van der Waals surface area contributed by atoms with Gasteiger partial charge in [-0.15, -0.1) is 0 Å². The van der Waals surface area contributed by atoms with Crippen LogP contribution < -0.4 is 4.74 Å². The van der Waals surface area contributed by atoms with E-state index >= 15 is 0 Å². The molecule has 1 aliphatic heterocycles. The summed E-state index contributed by atoms with van der Waals surface area (Å²) in [5.41, 5.74) is 1.26. The topological polar surface area (TPSA) is 46.5 Å². The number of aliphatic hydroxyl groups is 1. The molecule has 0 saturated heterocycles. The van der Waals surface area contributed by atoms with E-state index in [9.17, 15) is 9.90 Å². The molecule has 1 heterocycles. The second-order valence-corrected chi connectivity index (χ2v) is 4.26. The number of ketones is 1. The third-order valence-electron chi connectivity index (χ3n) is 3.14. The van der Waals surface area contributed by atoms with Crippen molar-refractivity contribution in [1.29, 1.82) is 0 Å². The van der Waals surface area contributed by atoms with Crippen molar-refractivity contribution in [3.63, 3.8) is 0 Å². The minimum Gasteiger partial charge on any atom is -0.457 e. The quantitative estimate of drug-likeness (QED) is 0.720. The highest BCUT2D eigenvalue weighted by Gasteiger charge is 2.43. The SMILES string of the molecule is O=C1CCCC2(O)Oc3ccccc3C=C12. The number of benzene rings is 1. The van der Waals surface area contributed by atoms with Gasteiger partial charge in [0.25, 0.3) is 0 Å². The average Bonchev–Trinajstić information content (AvgIpc) is 2.27. The van der Waals surface area contributed by atoms with Gasteiger partial charge in [0.15, 0.2) is 5.78 Å². The van der Waals surface area contributed by atoms with Gasteiger partial charge in [-0.05, 0) is 18.6 Å². The summed E-state index contributed by atoms with van der Waals surface area (Å²) in [4.78, 5) is 11.7. The fourth-order valence-electron chi connectivity index (χ4n) is 2.31. The number of Topliss-reactive ketones (excluding diaryl/α,β-unsaturated/α-hetero) is 1. The summed E-state index contributed by atoms with van der Waals surface area (Å²) in [5.74, 6) is -0.768. The Balaban J connectivity index is 2.15. The molecule has 1 aromatic rings. The van der Waals surface area contributed by atoms with E-state index in [1.54, 1.807) is 12.1 Å². The van der Waals surface area contributed by atoms with Crippen LogP contribution in [0, 0.1) is 0 Å². The molecule has 1 N–H and O–H groups in total. The lowest BCUT2D eigenvalue weighted by atomic mass is 9.84. The lowest BCUT2D eigenvalue weighted by molar-refractivity contribution is -0.142. The highest BCUT2D eigenvalue weighted by molar-refractivity contribution is 6.02. The molecular formula is C13H12O3. The maximum Gasteiger partial charge on any atom is 0.238 e. The van der Waals surface area contributed by atoms with Crippen LogP contribution in [0.15, 0.2) is 29.8 Å². The lowest BCUT2D eigenvalue weighted by Gasteiger charge is -2.37. The van der Waals surface area contributed by atoms with Crippen LogP contribution in [0.4, 0.5) is 0 Å². The Bertz CT molecular complexity index is 490. The summed E-state index contributed by atoms with van der Waals surface area (Å²) in [6, 6.07) is 7.42. The molecular weight excluding hydrogens is 204 g/mol. The molecule has 82 valence electrons. The van der Waals surface area contributed by atoms with Crippen molar-refractivity contribution in [3.05, 3.63) is 35.4 Å². The van der Waals surface area contributed by atoms with Crippen LogP contribution in [-0.4, -0.2) is 16.7 Å². The van der Waals surface area contributed by atoms with Crippen molar-refractivity contribution in [3.8, 4) is 5.75 Å². The summed E-state index contributed by atoms with van der Waals surface area (Å²) in [6.45, 7) is 0. The minimum atomic E-state index is -1.40. The molecule has 16 heavy (non-hydrogen) atoms. The lowest BCUT2D eigenvalue weighted by Crippen LogP contribution is -2.45. The van der Waals surface area contributed by atoms with Crippen LogP contribution in [0.1, 0.15) is 24.8 Å². The third kappa shape index (κ3) is 1.28. The molecule has 1 aromatic carbocycles. The van der Waals surface area contributed by atoms with Crippen molar-refractivity contribution in [2.75, 3.05) is 0 Å². The van der Waals surface area contributed by atoms with E-state index < -0.39 is 5.79 Å². The molecule has 1 unspecified atom stereocenters. The summed E-state index contributed by atoms with van der Waals surface area (Å²) in [7, 11) is 0. The Morgan fingerprint density at radius 2 is 2.12 bits per heavy atom. The molecule has 0 bridgehead atoms. The van der Waals surface area contributed by atoms with Crippen LogP contribution in [-0.2, 0) is 4.79 Å². The Labute approximate surface area is 93.4 Å². The summed E-state index contributed by atoms with van der Waals surface area (Å²) in [6.07, 6.45) is 3.41. The van der Waals surface area contributed by atoms with Crippen LogP contribution in [0.3, 0.4) is 0 Å². The van der Waals surface area contributed by atoms with E-state index in [1.165, 1.54) is 0 Å². The number of para-hydroxylation sites is 1. The predicted molar refractivity (Wildman–Crippen MR) is 58.9 cm³/mol. The summed E-state index contributed by atoms with van der Waals surface area (Å²) >= 11 is 0. The fourth-order valence-corrected chi connectivity index (χ4v) is 2.31. The largest absolute Gasteiger partial charge is 0.457 e. The van der Waals surface area contributed by atoms with E-state index in [1.807, 2.05) is 18.2 Å². The maximum absolute atomic E-state index is 11.7. The van der Waals surface area contributed by atoms with Gasteiger partial charge in [-0.3, -0.25) is 4.79 Å². The molecule has 0 amide bonds. The predicted octanol–water partition coefficient (Wildman–Crippen LogP) is 1.90. The smallest absolute Gasteiger partial charge is 0.238 e. The first kappa shape index (κ1) is 9.60. The number of ether oxygens (including phenoxy) is 1. The number of hydrogen-bond donors (Lipinski definition) is 1. The molecule has 3 nitrogen and oxygen atoms in total. The normalized spacial score (nSPS) is 27.6. The molecule has 2 aliphatic rings. The van der Waals surface area contributed by atoms with Crippen molar-refractivity contribution in [2.45, 2.75) is 25.0 Å². The van der Waals surface area contributed by atoms with Gasteiger partial charge >= 0.3 is 0 Å². The van der Waals surface area contributed by atoms with E-state index in [-0.39, 0.29) is 5.78 Å². The third-order valence-corrected chi connectivity index (χ3v) is 3.14. The number of hydrogen-bond acceptors (Lipinski definition) is 3. The minimum absolute atomic E-state index is 0.0109. The zero-order chi connectivity index (χ0) is 11.2. The first-order chi connectivity index (χ1) is 7.69. The first-order valence-electron chi connectivity index (χ1n) is 5.45. The highest BCUT2D eigenvalue weighted by Crippen LogP contribution is 2.40. The van der Waals surface area contributed by atoms with Gasteiger partial charge in [0.2, 0.25) is 5.79 Å². The molecule has 0 aromatic heterocycles. The van der Waals surface area contributed by atoms with Crippen LogP contribution in [0.2, 0.25) is 0 Å². The number of fused-ring (bicyclic) bond motifs is 2. The molecule has 0 radical (unpaired) electrons. The Morgan fingerprint density at radius 1 is 1.31 bits per heavy atom. The van der Waals surface area contributed by atoms with Crippen molar-refractivity contribution >= 4 is 11.9 Å². The zero-order valence-corrected chi connectivity index (χ0v) is 8.77. The van der Waals surface area contributed by atoms with E-state index in [4.69, 9.17) is 4.74 Å². The molecule has 1 fully saturated rings. The van der Waals surface area contributed by atoms with E-state index in [0.29, 0.717) is 30.6 Å². The molecule has 1 aliphatic carbocycles. The molecule has 0 spiro atoms. The average molecular weight is 216 g/mol. The van der Waals surface area contributed by atoms with Gasteiger partial charge in [-0.1, -0.05) is 18.2 Å². The molecule has 1 atom stereocenters. The highest BCUT2D eigenvalue weighted by atomic mass is 16.6. The van der Waals surface area contributed by atoms with Gasteiger partial charge < -0.3 is 9.84 Å². The van der Waals surface area contributed by atoms with Crippen molar-refractivity contribution in [1.82, 2.24) is 0 Å². The molecule has 3 heteroatoms. The summed E-state index contributed by atoms with van der Waals surface area (Å²) in [5, 5.41) is 10.3. The molecule has 1 saturated carbocycles. The number of carbonyl (C=O) groups is 1. The second-order valence-electron chi connectivity index (χ2n) is 4.26. The van der Waals surface area contributed by atoms with Gasteiger partial charge in [-0.2, -0.15) is 0 Å². The van der Waals surface area contributed by atoms with Gasteiger partial charge in [0.1, 0.15) is 5.75 Å². The van der Waals surface area contributed by atoms with E-state index in [2.05, 4.69) is 0 Å². The van der Waals surface area contributed by atoms with Crippen LogP contribution >= 0.6 is 0 Å². The Kier molecular flexibility index (Phi) is 1.91. The number of rotatable bonds is 0. The van der Waals surface area contributed by atoms with Gasteiger partial charge in [-0.25, -0.2) is 0 Å². The Morgan fingerprint density at radius 3 is 3.00 bits per heavy atom. The Hall–Kier alpha value is -1.61. The zero-order valence-electron chi connectivity index (χ0n) is 8.77. The van der Waals surface area contributed by atoms with E-state index in [0.717, 1.165) is 5.56 Å². The van der Waals surface area contributed by atoms with Crippen LogP contribution in [0.25, 0.3) is 6.08 Å². The summed E-state index contributed by atoms with van der Waals surface area (Å²) < 4.78 is 5.56. The molecule has 3 rings (SSSR count). The second kappa shape index (κ2) is 3.19. The van der Waals surface area contributed by atoms with Crippen LogP contribution in [0.5, 0.6) is 5.75 Å². The fraction of sp³-hybridized carbons (Fsp3) is 0.308. The standard InChI is InChI=1S/C13H12O3/c14-11-5-3-7-13(15)10(11)8-9-4-1-2-6-12(9)16-13/h1-2,4,6,8,15H,3,5,7H2. The van der Waals surface area contributed by atoms with Crippen molar-refractivity contribution in [2.24, 2.45) is 0 Å². The van der Waals surface area contributed by atoms with Crippen molar-refractivity contribution < 1.29 is 14.6 Å². The van der Waals surface area contributed by atoms with Gasteiger partial charge in [0, 0.05) is 18.4 Å². The van der Waals surface area contributed by atoms with Gasteiger partial charge in [0.05, 0.1) is 5.57 Å². The maximum atomic E-state index is 11.7.